The Morgan fingerprint density at radius 2 is 2.00 bits per heavy atom. The lowest BCUT2D eigenvalue weighted by Crippen LogP contribution is -2.23. The van der Waals surface area contributed by atoms with Gasteiger partial charge in [-0.25, -0.2) is 4.68 Å². The van der Waals surface area contributed by atoms with Gasteiger partial charge >= 0.3 is 0 Å². The van der Waals surface area contributed by atoms with Crippen molar-refractivity contribution in [2.75, 3.05) is 0 Å². The predicted octanol–water partition coefficient (Wildman–Crippen LogP) is 3.12. The quantitative estimate of drug-likeness (QED) is 0.834. The highest BCUT2D eigenvalue weighted by molar-refractivity contribution is 5.91. The topological polar surface area (TPSA) is 88.5 Å². The summed E-state index contributed by atoms with van der Waals surface area (Å²) in [7, 11) is 0. The van der Waals surface area contributed by atoms with E-state index in [1.165, 1.54) is 25.7 Å². The number of nitrogens with zero attached hydrogens (tertiary/aromatic N) is 4. The van der Waals surface area contributed by atoms with Crippen LogP contribution in [0.1, 0.15) is 87.2 Å². The second-order valence-corrected chi connectivity index (χ2v) is 7.94. The summed E-state index contributed by atoms with van der Waals surface area (Å²) in [6, 6.07) is 2.36. The van der Waals surface area contributed by atoms with Crippen molar-refractivity contribution in [2.24, 2.45) is 0 Å². The largest absolute Gasteiger partial charge is 0.345 e. The molecule has 1 aliphatic rings. The zero-order valence-electron chi connectivity index (χ0n) is 15.4. The van der Waals surface area contributed by atoms with Gasteiger partial charge in [-0.3, -0.25) is 9.89 Å². The molecule has 0 aliphatic heterocycles. The summed E-state index contributed by atoms with van der Waals surface area (Å²) < 4.78 is 1.87. The lowest BCUT2D eigenvalue weighted by Gasteiger charge is -2.13. The van der Waals surface area contributed by atoms with Crippen molar-refractivity contribution in [3.8, 4) is 0 Å². The minimum Gasteiger partial charge on any atom is -0.345 e. The highest BCUT2D eigenvalue weighted by Gasteiger charge is 2.19. The van der Waals surface area contributed by atoms with E-state index >= 15 is 0 Å². The number of H-pyrrole nitrogens is 1. The third-order valence-electron chi connectivity index (χ3n) is 4.78. The summed E-state index contributed by atoms with van der Waals surface area (Å²) in [5.41, 5.74) is 2.23. The van der Waals surface area contributed by atoms with Crippen LogP contribution in [0, 0.1) is 0 Å². The third-order valence-corrected chi connectivity index (χ3v) is 4.78. The van der Waals surface area contributed by atoms with Gasteiger partial charge in [0.25, 0.3) is 5.91 Å². The highest BCUT2D eigenvalue weighted by Crippen LogP contribution is 2.26. The number of nitrogens with one attached hydrogen (secondary N) is 2. The SMILES string of the molecule is CC(C)(C)c1cc(CNC(=O)c2cn(C3CCCCCC3)nn2)[nH]n1. The monoisotopic (exact) mass is 344 g/mol. The van der Waals surface area contributed by atoms with E-state index in [2.05, 4.69) is 46.6 Å². The average Bonchev–Trinajstić information content (AvgIpc) is 3.17. The van der Waals surface area contributed by atoms with Gasteiger partial charge in [-0.1, -0.05) is 51.7 Å². The van der Waals surface area contributed by atoms with Gasteiger partial charge in [0.1, 0.15) is 0 Å². The molecule has 1 amide bonds. The molecule has 1 aliphatic carbocycles. The minimum atomic E-state index is -0.202. The van der Waals surface area contributed by atoms with Crippen LogP contribution in [-0.2, 0) is 12.0 Å². The lowest BCUT2D eigenvalue weighted by molar-refractivity contribution is 0.0945. The summed E-state index contributed by atoms with van der Waals surface area (Å²) in [5.74, 6) is -0.202. The van der Waals surface area contributed by atoms with E-state index in [4.69, 9.17) is 0 Å². The van der Waals surface area contributed by atoms with Crippen molar-refractivity contribution in [1.82, 2.24) is 30.5 Å². The second kappa shape index (κ2) is 7.37. The van der Waals surface area contributed by atoms with Gasteiger partial charge in [-0.2, -0.15) is 5.10 Å². The first-order valence-electron chi connectivity index (χ1n) is 9.18. The van der Waals surface area contributed by atoms with Gasteiger partial charge in [0, 0.05) is 5.41 Å². The Morgan fingerprint density at radius 1 is 1.28 bits per heavy atom. The highest BCUT2D eigenvalue weighted by atomic mass is 16.2. The Kier molecular flexibility index (Phi) is 5.20. The number of carbonyl (C=O) groups excluding carboxylic acids is 1. The molecule has 0 saturated heterocycles. The van der Waals surface area contributed by atoms with Crippen LogP contribution in [0.2, 0.25) is 0 Å². The fraction of sp³-hybridized carbons (Fsp3) is 0.667. The van der Waals surface area contributed by atoms with E-state index in [9.17, 15) is 4.79 Å². The molecule has 0 spiro atoms. The number of hydrogen-bond acceptors (Lipinski definition) is 4. The Balaban J connectivity index is 1.57. The number of amides is 1. The van der Waals surface area contributed by atoms with Crippen molar-refractivity contribution >= 4 is 5.91 Å². The zero-order chi connectivity index (χ0) is 17.9. The zero-order valence-corrected chi connectivity index (χ0v) is 15.4. The molecule has 3 rings (SSSR count). The molecule has 7 heteroatoms. The smallest absolute Gasteiger partial charge is 0.273 e. The fourth-order valence-corrected chi connectivity index (χ4v) is 3.18. The van der Waals surface area contributed by atoms with Crippen molar-refractivity contribution in [1.29, 1.82) is 0 Å². The first-order chi connectivity index (χ1) is 11.9. The van der Waals surface area contributed by atoms with Gasteiger partial charge in [0.15, 0.2) is 5.69 Å². The normalized spacial score (nSPS) is 16.6. The standard InChI is InChI=1S/C18H28N6O/c1-18(2,3)16-10-13(20-22-16)11-19-17(25)15-12-24(23-21-15)14-8-6-4-5-7-9-14/h10,12,14H,4-9,11H2,1-3H3,(H,19,25)(H,20,22). The van der Waals surface area contributed by atoms with Crippen molar-refractivity contribution in [2.45, 2.75) is 77.3 Å². The summed E-state index contributed by atoms with van der Waals surface area (Å²) in [4.78, 5) is 12.3. The minimum absolute atomic E-state index is 0.0137. The molecule has 2 aromatic heterocycles. The molecule has 7 nitrogen and oxygen atoms in total. The van der Waals surface area contributed by atoms with Gasteiger partial charge < -0.3 is 5.32 Å². The van der Waals surface area contributed by atoms with E-state index in [-0.39, 0.29) is 11.3 Å². The van der Waals surface area contributed by atoms with Crippen LogP contribution in [0.3, 0.4) is 0 Å². The molecule has 2 aromatic rings. The van der Waals surface area contributed by atoms with Gasteiger partial charge in [0.2, 0.25) is 0 Å². The molecule has 1 fully saturated rings. The van der Waals surface area contributed by atoms with Crippen molar-refractivity contribution in [3.05, 3.63) is 29.3 Å². The van der Waals surface area contributed by atoms with Crippen molar-refractivity contribution < 1.29 is 4.79 Å². The summed E-state index contributed by atoms with van der Waals surface area (Å²) >= 11 is 0. The van der Waals surface area contributed by atoms with Gasteiger partial charge in [0.05, 0.1) is 30.2 Å². The second-order valence-electron chi connectivity index (χ2n) is 7.94. The lowest BCUT2D eigenvalue weighted by atomic mass is 9.92. The van der Waals surface area contributed by atoms with Crippen LogP contribution in [0.25, 0.3) is 0 Å². The number of aromatic nitrogens is 5. The molecule has 0 atom stereocenters. The molecule has 0 aromatic carbocycles. The maximum atomic E-state index is 12.3. The maximum absolute atomic E-state index is 12.3. The van der Waals surface area contributed by atoms with Crippen LogP contribution in [0.4, 0.5) is 0 Å². The Bertz CT molecular complexity index is 703. The first kappa shape index (κ1) is 17.6. The Hall–Kier alpha value is -2.18. The Labute approximate surface area is 148 Å². The number of rotatable bonds is 4. The molecular formula is C18H28N6O. The maximum Gasteiger partial charge on any atom is 0.273 e. The Morgan fingerprint density at radius 3 is 2.64 bits per heavy atom. The summed E-state index contributed by atoms with van der Waals surface area (Å²) in [6.45, 7) is 6.73. The third kappa shape index (κ3) is 4.46. The molecule has 1 saturated carbocycles. The molecule has 0 unspecified atom stereocenters. The molecular weight excluding hydrogens is 316 g/mol. The molecule has 0 bridgehead atoms. The predicted molar refractivity (Wildman–Crippen MR) is 95.2 cm³/mol. The van der Waals surface area contributed by atoms with Crippen LogP contribution in [0.5, 0.6) is 0 Å². The first-order valence-corrected chi connectivity index (χ1v) is 9.18. The van der Waals surface area contributed by atoms with Crippen LogP contribution in [0.15, 0.2) is 12.3 Å². The molecule has 0 radical (unpaired) electrons. The van der Waals surface area contributed by atoms with E-state index in [0.29, 0.717) is 18.3 Å². The summed E-state index contributed by atoms with van der Waals surface area (Å²) in [6.07, 6.45) is 9.05. The molecule has 2 N–H and O–H groups in total. The van der Waals surface area contributed by atoms with Crippen molar-refractivity contribution in [3.63, 3.8) is 0 Å². The van der Waals surface area contributed by atoms with Crippen LogP contribution >= 0.6 is 0 Å². The van der Waals surface area contributed by atoms with Gasteiger partial charge in [-0.15, -0.1) is 5.10 Å². The fourth-order valence-electron chi connectivity index (χ4n) is 3.18. The van der Waals surface area contributed by atoms with Crippen LogP contribution in [-0.4, -0.2) is 31.1 Å². The van der Waals surface area contributed by atoms with E-state index in [0.717, 1.165) is 24.2 Å². The van der Waals surface area contributed by atoms with E-state index in [1.807, 2.05) is 10.7 Å². The summed E-state index contributed by atoms with van der Waals surface area (Å²) in [5, 5.41) is 18.4. The molecule has 25 heavy (non-hydrogen) atoms. The number of hydrogen-bond donors (Lipinski definition) is 2. The average molecular weight is 344 g/mol. The van der Waals surface area contributed by atoms with Crippen LogP contribution < -0.4 is 5.32 Å². The number of carbonyl (C=O) groups is 1. The van der Waals surface area contributed by atoms with E-state index in [1.54, 1.807) is 6.20 Å². The molecule has 2 heterocycles. The van der Waals surface area contributed by atoms with E-state index < -0.39 is 0 Å². The number of aromatic amines is 1. The van der Waals surface area contributed by atoms with Gasteiger partial charge in [-0.05, 0) is 18.9 Å². The molecule has 136 valence electrons.